The Bertz CT molecular complexity index is 809. The highest BCUT2D eigenvalue weighted by molar-refractivity contribution is 7.09. The molecule has 1 aliphatic rings. The monoisotopic (exact) mass is 345 g/mol. The summed E-state index contributed by atoms with van der Waals surface area (Å²) in [7, 11) is 0. The van der Waals surface area contributed by atoms with Crippen LogP contribution in [0.1, 0.15) is 44.6 Å². The highest BCUT2D eigenvalue weighted by Gasteiger charge is 2.38. The summed E-state index contributed by atoms with van der Waals surface area (Å²) in [6.45, 7) is 4.34. The van der Waals surface area contributed by atoms with Gasteiger partial charge in [-0.1, -0.05) is 17.7 Å². The highest BCUT2D eigenvalue weighted by atomic mass is 35.5. The minimum Gasteiger partial charge on any atom is -0.318 e. The van der Waals surface area contributed by atoms with Crippen LogP contribution in [0, 0.1) is 25.2 Å². The van der Waals surface area contributed by atoms with Crippen molar-refractivity contribution in [2.75, 3.05) is 6.54 Å². The lowest BCUT2D eigenvalue weighted by atomic mass is 10.0. The smallest absolute Gasteiger partial charge is 0.255 e. The summed E-state index contributed by atoms with van der Waals surface area (Å²) in [4.78, 5) is 18.8. The number of hydrogen-bond acceptors (Lipinski definition) is 4. The molecule has 1 aromatic carbocycles. The molecule has 0 fully saturated rings. The Morgan fingerprint density at radius 3 is 2.87 bits per heavy atom. The van der Waals surface area contributed by atoms with Gasteiger partial charge >= 0.3 is 0 Å². The third-order valence-corrected chi connectivity index (χ3v) is 5.53. The van der Waals surface area contributed by atoms with Gasteiger partial charge in [-0.3, -0.25) is 4.79 Å². The Morgan fingerprint density at radius 1 is 1.43 bits per heavy atom. The summed E-state index contributed by atoms with van der Waals surface area (Å²) in [6, 6.07) is 5.28. The van der Waals surface area contributed by atoms with E-state index in [1.165, 1.54) is 0 Å². The van der Waals surface area contributed by atoms with E-state index in [0.29, 0.717) is 17.1 Å². The van der Waals surface area contributed by atoms with Crippen LogP contribution in [0.2, 0.25) is 5.02 Å². The van der Waals surface area contributed by atoms with Crippen molar-refractivity contribution in [1.29, 1.82) is 5.26 Å². The zero-order valence-corrected chi connectivity index (χ0v) is 14.5. The van der Waals surface area contributed by atoms with Crippen LogP contribution in [0.4, 0.5) is 0 Å². The summed E-state index contributed by atoms with van der Waals surface area (Å²) in [5, 5.41) is 13.1. The van der Waals surface area contributed by atoms with Crippen molar-refractivity contribution in [3.63, 3.8) is 0 Å². The molecule has 0 bridgehead atoms. The van der Waals surface area contributed by atoms with Crippen LogP contribution in [0.3, 0.4) is 0 Å². The molecule has 1 aromatic heterocycles. The van der Waals surface area contributed by atoms with E-state index < -0.39 is 6.04 Å². The number of carbonyl (C=O) groups is 1. The molecule has 1 amide bonds. The summed E-state index contributed by atoms with van der Waals surface area (Å²) in [6.07, 6.45) is 1.61. The number of aromatic nitrogens is 1. The van der Waals surface area contributed by atoms with E-state index in [1.807, 2.05) is 19.2 Å². The first-order valence-electron chi connectivity index (χ1n) is 7.43. The molecule has 2 aromatic rings. The van der Waals surface area contributed by atoms with E-state index in [2.05, 4.69) is 11.1 Å². The van der Waals surface area contributed by atoms with Crippen molar-refractivity contribution in [1.82, 2.24) is 9.88 Å². The maximum atomic E-state index is 12.7. The van der Waals surface area contributed by atoms with Crippen LogP contribution in [0.15, 0.2) is 17.5 Å². The van der Waals surface area contributed by atoms with Crippen LogP contribution in [0.25, 0.3) is 0 Å². The minimum absolute atomic E-state index is 0.0955. The van der Waals surface area contributed by atoms with Gasteiger partial charge in [0.15, 0.2) is 0 Å². The van der Waals surface area contributed by atoms with E-state index in [1.54, 1.807) is 28.4 Å². The first-order valence-corrected chi connectivity index (χ1v) is 8.69. The molecule has 0 radical (unpaired) electrons. The Morgan fingerprint density at radius 2 is 2.22 bits per heavy atom. The number of halogens is 1. The average Bonchev–Trinajstić information content (AvgIpc) is 3.05. The molecule has 0 saturated carbocycles. The molecule has 3 rings (SSSR count). The normalized spacial score (nSPS) is 16.5. The number of aryl methyl sites for hydroxylation is 2. The maximum Gasteiger partial charge on any atom is 0.255 e. The van der Waals surface area contributed by atoms with Gasteiger partial charge in [-0.05, 0) is 31.9 Å². The Labute approximate surface area is 144 Å². The SMILES string of the molecule is Cc1csc(CCCN2C(=O)c3c(ccc(Cl)c3C)C2C#N)n1. The molecule has 23 heavy (non-hydrogen) atoms. The lowest BCUT2D eigenvalue weighted by molar-refractivity contribution is 0.0755. The van der Waals surface area contributed by atoms with Crippen molar-refractivity contribution < 1.29 is 4.79 Å². The van der Waals surface area contributed by atoms with Gasteiger partial charge in [0, 0.05) is 34.6 Å². The van der Waals surface area contributed by atoms with Crippen LogP contribution < -0.4 is 0 Å². The molecule has 1 atom stereocenters. The van der Waals surface area contributed by atoms with E-state index in [-0.39, 0.29) is 5.91 Å². The van der Waals surface area contributed by atoms with Gasteiger partial charge < -0.3 is 4.90 Å². The van der Waals surface area contributed by atoms with E-state index >= 15 is 0 Å². The second-order valence-corrected chi connectivity index (χ2v) is 7.00. The average molecular weight is 346 g/mol. The quantitative estimate of drug-likeness (QED) is 0.839. The van der Waals surface area contributed by atoms with E-state index in [9.17, 15) is 10.1 Å². The van der Waals surface area contributed by atoms with Gasteiger partial charge in [-0.2, -0.15) is 5.26 Å². The summed E-state index contributed by atoms with van der Waals surface area (Å²) < 4.78 is 0. The van der Waals surface area contributed by atoms with E-state index in [4.69, 9.17) is 11.6 Å². The van der Waals surface area contributed by atoms with Crippen LogP contribution in [-0.2, 0) is 6.42 Å². The second-order valence-electron chi connectivity index (χ2n) is 5.65. The number of amides is 1. The molecule has 4 nitrogen and oxygen atoms in total. The Kier molecular flexibility index (Phi) is 4.38. The van der Waals surface area contributed by atoms with Gasteiger partial charge in [-0.25, -0.2) is 4.98 Å². The molecule has 1 aliphatic heterocycles. The van der Waals surface area contributed by atoms with Crippen molar-refractivity contribution in [3.8, 4) is 6.07 Å². The van der Waals surface area contributed by atoms with Crippen LogP contribution in [0.5, 0.6) is 0 Å². The predicted octanol–water partition coefficient (Wildman–Crippen LogP) is 4.07. The van der Waals surface area contributed by atoms with Crippen molar-refractivity contribution in [2.45, 2.75) is 32.7 Å². The Hall–Kier alpha value is -1.90. The summed E-state index contributed by atoms with van der Waals surface area (Å²) in [5.74, 6) is -0.0955. The van der Waals surface area contributed by atoms with Crippen molar-refractivity contribution >= 4 is 28.8 Å². The molecule has 6 heteroatoms. The summed E-state index contributed by atoms with van der Waals surface area (Å²) >= 11 is 7.76. The third kappa shape index (κ3) is 2.85. The number of nitrogens with zero attached hydrogens (tertiary/aromatic N) is 3. The molecule has 118 valence electrons. The number of nitriles is 1. The highest BCUT2D eigenvalue weighted by Crippen LogP contribution is 2.37. The predicted molar refractivity (Wildman–Crippen MR) is 90.8 cm³/mol. The van der Waals surface area contributed by atoms with E-state index in [0.717, 1.165) is 34.7 Å². The number of hydrogen-bond donors (Lipinski definition) is 0. The third-order valence-electron chi connectivity index (χ3n) is 4.09. The fourth-order valence-corrected chi connectivity index (χ4v) is 3.91. The molecular weight excluding hydrogens is 330 g/mol. The fourth-order valence-electron chi connectivity index (χ4n) is 2.94. The number of benzene rings is 1. The maximum absolute atomic E-state index is 12.7. The molecule has 0 aliphatic carbocycles. The second kappa shape index (κ2) is 6.31. The molecule has 0 spiro atoms. The first-order chi connectivity index (χ1) is 11.0. The molecule has 2 heterocycles. The number of fused-ring (bicyclic) bond motifs is 1. The summed E-state index contributed by atoms with van der Waals surface area (Å²) in [5.41, 5.74) is 3.14. The first kappa shape index (κ1) is 16.0. The van der Waals surface area contributed by atoms with Crippen molar-refractivity contribution in [2.24, 2.45) is 0 Å². The lowest BCUT2D eigenvalue weighted by Gasteiger charge is -2.19. The van der Waals surface area contributed by atoms with Gasteiger partial charge in [0.05, 0.1) is 16.6 Å². The largest absolute Gasteiger partial charge is 0.318 e. The zero-order chi connectivity index (χ0) is 16.6. The molecule has 1 unspecified atom stereocenters. The van der Waals surface area contributed by atoms with Crippen LogP contribution in [-0.4, -0.2) is 22.3 Å². The standard InChI is InChI=1S/C17H16ClN3OS/c1-10-9-23-15(20-10)4-3-7-21-14(8-19)12-5-6-13(18)11(2)16(12)17(21)22/h5-6,9,14H,3-4,7H2,1-2H3. The number of carbonyl (C=O) groups excluding carboxylic acids is 1. The fraction of sp³-hybridized carbons (Fsp3) is 0.353. The van der Waals surface area contributed by atoms with Crippen molar-refractivity contribution in [3.05, 3.63) is 49.9 Å². The molecule has 0 N–H and O–H groups in total. The molecular formula is C17H16ClN3OS. The van der Waals surface area contributed by atoms with Gasteiger partial charge in [-0.15, -0.1) is 11.3 Å². The van der Waals surface area contributed by atoms with Gasteiger partial charge in [0.1, 0.15) is 6.04 Å². The zero-order valence-electron chi connectivity index (χ0n) is 13.0. The molecule has 0 saturated heterocycles. The van der Waals surface area contributed by atoms with Crippen LogP contribution >= 0.6 is 22.9 Å². The van der Waals surface area contributed by atoms with Gasteiger partial charge in [0.25, 0.3) is 5.91 Å². The van der Waals surface area contributed by atoms with Gasteiger partial charge in [0.2, 0.25) is 0 Å². The topological polar surface area (TPSA) is 57.0 Å². The Balaban J connectivity index is 1.77. The number of thiazole rings is 1. The minimum atomic E-state index is -0.522. The lowest BCUT2D eigenvalue weighted by Crippen LogP contribution is -2.29. The number of rotatable bonds is 4.